The number of hydrogen-bond donors (Lipinski definition) is 2. The van der Waals surface area contributed by atoms with E-state index in [1.165, 1.54) is 0 Å². The third-order valence-electron chi connectivity index (χ3n) is 2.41. The number of benzene rings is 1. The Morgan fingerprint density at radius 2 is 2.43 bits per heavy atom. The Kier molecular flexibility index (Phi) is 2.45. The number of rotatable bonds is 2. The van der Waals surface area contributed by atoms with Crippen LogP contribution in [0.1, 0.15) is 11.7 Å². The Bertz CT molecular complexity index is 345. The molecule has 5 heteroatoms. The summed E-state index contributed by atoms with van der Waals surface area (Å²) in [6, 6.07) is 5.49. The van der Waals surface area contributed by atoms with Crippen molar-refractivity contribution in [2.45, 2.75) is 6.10 Å². The van der Waals surface area contributed by atoms with E-state index in [1.54, 1.807) is 13.2 Å². The SMILES string of the molecule is COc1ccc2c(c1)B(O)OC2CN. The number of methoxy groups -OCH3 is 1. The van der Waals surface area contributed by atoms with Gasteiger partial charge >= 0.3 is 7.12 Å². The van der Waals surface area contributed by atoms with Gasteiger partial charge in [-0.15, -0.1) is 0 Å². The van der Waals surface area contributed by atoms with Gasteiger partial charge in [0.15, 0.2) is 0 Å². The fourth-order valence-corrected chi connectivity index (χ4v) is 1.67. The molecular weight excluding hydrogens is 181 g/mol. The van der Waals surface area contributed by atoms with Gasteiger partial charge in [-0.3, -0.25) is 0 Å². The molecule has 0 aliphatic carbocycles. The summed E-state index contributed by atoms with van der Waals surface area (Å²) in [6.07, 6.45) is -0.203. The lowest BCUT2D eigenvalue weighted by Gasteiger charge is -2.08. The molecule has 0 fully saturated rings. The summed E-state index contributed by atoms with van der Waals surface area (Å²) in [5.41, 5.74) is 7.21. The summed E-state index contributed by atoms with van der Waals surface area (Å²) >= 11 is 0. The summed E-state index contributed by atoms with van der Waals surface area (Å²) in [7, 11) is 0.707. The molecule has 14 heavy (non-hydrogen) atoms. The molecule has 0 saturated carbocycles. The first-order valence-electron chi connectivity index (χ1n) is 4.47. The minimum absolute atomic E-state index is 0.203. The first-order chi connectivity index (χ1) is 6.76. The highest BCUT2D eigenvalue weighted by Gasteiger charge is 2.34. The molecule has 0 radical (unpaired) electrons. The molecule has 74 valence electrons. The summed E-state index contributed by atoms with van der Waals surface area (Å²) in [5.74, 6) is 0.712. The van der Waals surface area contributed by atoms with Crippen molar-refractivity contribution in [3.8, 4) is 5.75 Å². The highest BCUT2D eigenvalue weighted by Crippen LogP contribution is 2.24. The average molecular weight is 193 g/mol. The molecule has 4 nitrogen and oxygen atoms in total. The van der Waals surface area contributed by atoms with Crippen LogP contribution in [0.5, 0.6) is 5.75 Å². The summed E-state index contributed by atoms with van der Waals surface area (Å²) in [6.45, 7) is 0.371. The zero-order valence-corrected chi connectivity index (χ0v) is 7.93. The molecule has 0 amide bonds. The largest absolute Gasteiger partial charge is 0.497 e. The maximum absolute atomic E-state index is 9.57. The molecule has 1 unspecified atom stereocenters. The van der Waals surface area contributed by atoms with E-state index in [1.807, 2.05) is 12.1 Å². The summed E-state index contributed by atoms with van der Waals surface area (Å²) in [5, 5.41) is 9.57. The molecule has 1 atom stereocenters. The predicted octanol–water partition coefficient (Wildman–Crippen LogP) is -0.587. The van der Waals surface area contributed by atoms with Gasteiger partial charge in [0.25, 0.3) is 0 Å². The molecule has 0 aromatic heterocycles. The van der Waals surface area contributed by atoms with E-state index in [2.05, 4.69) is 0 Å². The van der Waals surface area contributed by atoms with E-state index in [-0.39, 0.29) is 6.10 Å². The van der Waals surface area contributed by atoms with Crippen molar-refractivity contribution in [1.82, 2.24) is 0 Å². The number of fused-ring (bicyclic) bond motifs is 1. The standard InChI is InChI=1S/C9H12BNO3/c1-13-6-2-3-7-8(4-6)10(12)14-9(7)5-11/h2-4,9,12H,5,11H2,1H3. The molecule has 3 N–H and O–H groups in total. The van der Waals surface area contributed by atoms with Crippen LogP contribution in [-0.2, 0) is 4.65 Å². The quantitative estimate of drug-likeness (QED) is 0.616. The van der Waals surface area contributed by atoms with Crippen LogP contribution in [0.25, 0.3) is 0 Å². The second kappa shape index (κ2) is 3.61. The van der Waals surface area contributed by atoms with Crippen LogP contribution in [-0.4, -0.2) is 25.8 Å². The highest BCUT2D eigenvalue weighted by atomic mass is 16.5. The van der Waals surface area contributed by atoms with Crippen LogP contribution in [0, 0.1) is 0 Å². The van der Waals surface area contributed by atoms with E-state index >= 15 is 0 Å². The third-order valence-corrected chi connectivity index (χ3v) is 2.41. The Hall–Kier alpha value is -1.04. The molecular formula is C9H12BNO3. The Morgan fingerprint density at radius 1 is 1.64 bits per heavy atom. The van der Waals surface area contributed by atoms with Crippen molar-refractivity contribution in [1.29, 1.82) is 0 Å². The minimum atomic E-state index is -0.881. The van der Waals surface area contributed by atoms with Gasteiger partial charge in [0, 0.05) is 6.54 Å². The normalized spacial score (nSPS) is 19.6. The van der Waals surface area contributed by atoms with Crippen molar-refractivity contribution >= 4 is 12.6 Å². The van der Waals surface area contributed by atoms with Crippen LogP contribution in [0.2, 0.25) is 0 Å². The topological polar surface area (TPSA) is 64.7 Å². The van der Waals surface area contributed by atoms with Gasteiger partial charge < -0.3 is 20.1 Å². The Labute approximate surface area is 82.8 Å². The van der Waals surface area contributed by atoms with Crippen LogP contribution in [0.4, 0.5) is 0 Å². The molecule has 1 aromatic carbocycles. The van der Waals surface area contributed by atoms with Crippen molar-refractivity contribution in [3.63, 3.8) is 0 Å². The van der Waals surface area contributed by atoms with E-state index < -0.39 is 7.12 Å². The van der Waals surface area contributed by atoms with Gasteiger partial charge in [-0.25, -0.2) is 0 Å². The molecule has 1 aliphatic rings. The molecule has 0 bridgehead atoms. The minimum Gasteiger partial charge on any atom is -0.497 e. The smallest absolute Gasteiger partial charge is 0.492 e. The van der Waals surface area contributed by atoms with E-state index in [0.29, 0.717) is 12.3 Å². The Morgan fingerprint density at radius 3 is 3.07 bits per heavy atom. The number of nitrogens with two attached hydrogens (primary N) is 1. The zero-order valence-electron chi connectivity index (χ0n) is 7.93. The molecule has 0 spiro atoms. The first-order valence-corrected chi connectivity index (χ1v) is 4.47. The van der Waals surface area contributed by atoms with E-state index in [9.17, 15) is 5.02 Å². The predicted molar refractivity (Wildman–Crippen MR) is 53.5 cm³/mol. The monoisotopic (exact) mass is 193 g/mol. The van der Waals surface area contributed by atoms with E-state index in [4.69, 9.17) is 15.1 Å². The van der Waals surface area contributed by atoms with Crippen LogP contribution >= 0.6 is 0 Å². The van der Waals surface area contributed by atoms with E-state index in [0.717, 1.165) is 11.0 Å². The fraction of sp³-hybridized carbons (Fsp3) is 0.333. The van der Waals surface area contributed by atoms with Gasteiger partial charge in [0.2, 0.25) is 0 Å². The third kappa shape index (κ3) is 1.39. The second-order valence-electron chi connectivity index (χ2n) is 3.21. The lowest BCUT2D eigenvalue weighted by Crippen LogP contribution is -2.28. The summed E-state index contributed by atoms with van der Waals surface area (Å²) < 4.78 is 10.3. The lowest BCUT2D eigenvalue weighted by atomic mass is 9.79. The van der Waals surface area contributed by atoms with Crippen LogP contribution in [0.3, 0.4) is 0 Å². The van der Waals surface area contributed by atoms with Gasteiger partial charge in [-0.05, 0) is 23.2 Å². The van der Waals surface area contributed by atoms with Crippen molar-refractivity contribution in [2.24, 2.45) is 5.73 Å². The number of ether oxygens (including phenoxy) is 1. The first kappa shape index (κ1) is 9.52. The zero-order chi connectivity index (χ0) is 10.1. The number of hydrogen-bond acceptors (Lipinski definition) is 4. The highest BCUT2D eigenvalue weighted by molar-refractivity contribution is 6.61. The Balaban J connectivity index is 2.41. The van der Waals surface area contributed by atoms with Crippen LogP contribution in [0.15, 0.2) is 18.2 Å². The molecule has 1 aliphatic heterocycles. The maximum Gasteiger partial charge on any atom is 0.492 e. The molecule has 2 rings (SSSR count). The molecule has 1 aromatic rings. The van der Waals surface area contributed by atoms with Gasteiger partial charge in [-0.2, -0.15) is 0 Å². The maximum atomic E-state index is 9.57. The van der Waals surface area contributed by atoms with Crippen molar-refractivity contribution in [3.05, 3.63) is 23.8 Å². The van der Waals surface area contributed by atoms with Gasteiger partial charge in [0.05, 0.1) is 13.2 Å². The average Bonchev–Trinajstić information content (AvgIpc) is 2.55. The van der Waals surface area contributed by atoms with Crippen molar-refractivity contribution < 1.29 is 14.4 Å². The fourth-order valence-electron chi connectivity index (χ4n) is 1.67. The molecule has 1 heterocycles. The van der Waals surface area contributed by atoms with Gasteiger partial charge in [-0.1, -0.05) is 6.07 Å². The lowest BCUT2D eigenvalue weighted by molar-refractivity contribution is 0.198. The second-order valence-corrected chi connectivity index (χ2v) is 3.21. The molecule has 0 saturated heterocycles. The van der Waals surface area contributed by atoms with Crippen molar-refractivity contribution in [2.75, 3.05) is 13.7 Å². The van der Waals surface area contributed by atoms with Crippen LogP contribution < -0.4 is 15.9 Å². The summed E-state index contributed by atoms with van der Waals surface area (Å²) in [4.78, 5) is 0. The van der Waals surface area contributed by atoms with Gasteiger partial charge in [0.1, 0.15) is 5.75 Å².